The summed E-state index contributed by atoms with van der Waals surface area (Å²) in [6, 6.07) is 8.29. The third-order valence-electron chi connectivity index (χ3n) is 3.35. The van der Waals surface area contributed by atoms with Gasteiger partial charge in [-0.2, -0.15) is 0 Å². The van der Waals surface area contributed by atoms with Crippen molar-refractivity contribution in [1.82, 2.24) is 4.98 Å². The molecule has 5 heteroatoms. The highest BCUT2D eigenvalue weighted by atomic mass is 32.2. The van der Waals surface area contributed by atoms with Crippen LogP contribution in [-0.4, -0.2) is 18.1 Å². The van der Waals surface area contributed by atoms with Crippen molar-refractivity contribution < 1.29 is 9.53 Å². The summed E-state index contributed by atoms with van der Waals surface area (Å²) in [6.07, 6.45) is 3.64. The maximum Gasteiger partial charge on any atom is 0.348 e. The van der Waals surface area contributed by atoms with E-state index in [1.165, 1.54) is 34.5 Å². The standard InChI is InChI=1S/C17H15NO2S2/c1-10-4-5-13(11(2)6-10)21-15-8-18-9-16-12(15)7-14(22-16)17(19)20-3/h4-9H,1-3H3. The number of carbonyl (C=O) groups is 1. The molecule has 0 unspecified atom stereocenters. The predicted molar refractivity (Wildman–Crippen MR) is 91.0 cm³/mol. The number of rotatable bonds is 3. The van der Waals surface area contributed by atoms with Crippen molar-refractivity contribution in [2.24, 2.45) is 0 Å². The second-order valence-electron chi connectivity index (χ2n) is 5.02. The first-order valence-electron chi connectivity index (χ1n) is 6.79. The van der Waals surface area contributed by atoms with Gasteiger partial charge in [-0.05, 0) is 31.5 Å². The Hall–Kier alpha value is -1.85. The van der Waals surface area contributed by atoms with E-state index in [1.54, 1.807) is 18.0 Å². The quantitative estimate of drug-likeness (QED) is 0.644. The Morgan fingerprint density at radius 2 is 2.00 bits per heavy atom. The highest BCUT2D eigenvalue weighted by Crippen LogP contribution is 2.37. The summed E-state index contributed by atoms with van der Waals surface area (Å²) in [4.78, 5) is 18.9. The van der Waals surface area contributed by atoms with Crippen LogP contribution in [0.25, 0.3) is 10.1 Å². The van der Waals surface area contributed by atoms with Gasteiger partial charge in [-0.1, -0.05) is 29.5 Å². The van der Waals surface area contributed by atoms with Crippen LogP contribution >= 0.6 is 23.1 Å². The van der Waals surface area contributed by atoms with E-state index in [4.69, 9.17) is 4.74 Å². The average molecular weight is 329 g/mol. The smallest absolute Gasteiger partial charge is 0.348 e. The number of nitrogens with zero attached hydrogens (tertiary/aromatic N) is 1. The van der Waals surface area contributed by atoms with Crippen LogP contribution in [0.4, 0.5) is 0 Å². The number of aromatic nitrogens is 1. The van der Waals surface area contributed by atoms with Crippen LogP contribution in [0, 0.1) is 13.8 Å². The van der Waals surface area contributed by atoms with Crippen LogP contribution in [0.1, 0.15) is 20.8 Å². The molecule has 0 radical (unpaired) electrons. The molecule has 0 aliphatic carbocycles. The lowest BCUT2D eigenvalue weighted by molar-refractivity contribution is 0.0606. The molecule has 0 amide bonds. The molecule has 112 valence electrons. The minimum absolute atomic E-state index is 0.302. The molecule has 0 saturated carbocycles. The molecular weight excluding hydrogens is 314 g/mol. The van der Waals surface area contributed by atoms with Gasteiger partial charge < -0.3 is 4.74 Å². The van der Waals surface area contributed by atoms with Crippen molar-refractivity contribution in [2.45, 2.75) is 23.6 Å². The molecule has 1 aromatic carbocycles. The van der Waals surface area contributed by atoms with Crippen LogP contribution in [0.5, 0.6) is 0 Å². The number of aryl methyl sites for hydroxylation is 2. The number of carbonyl (C=O) groups excluding carboxylic acids is 1. The first-order valence-corrected chi connectivity index (χ1v) is 8.43. The molecule has 0 aliphatic heterocycles. The number of fused-ring (bicyclic) bond motifs is 1. The van der Waals surface area contributed by atoms with Gasteiger partial charge in [-0.15, -0.1) is 11.3 Å². The molecule has 0 N–H and O–H groups in total. The summed E-state index contributed by atoms with van der Waals surface area (Å²) in [6.45, 7) is 4.20. The van der Waals surface area contributed by atoms with Crippen molar-refractivity contribution in [1.29, 1.82) is 0 Å². The Labute approximate surface area is 137 Å². The van der Waals surface area contributed by atoms with E-state index in [2.05, 4.69) is 37.0 Å². The lowest BCUT2D eigenvalue weighted by Gasteiger charge is -2.07. The van der Waals surface area contributed by atoms with Crippen molar-refractivity contribution in [3.05, 3.63) is 52.7 Å². The number of hydrogen-bond acceptors (Lipinski definition) is 5. The number of thiophene rings is 1. The topological polar surface area (TPSA) is 39.2 Å². The molecule has 0 atom stereocenters. The Kier molecular flexibility index (Phi) is 4.18. The van der Waals surface area contributed by atoms with Crippen LogP contribution < -0.4 is 0 Å². The first kappa shape index (κ1) is 15.1. The fourth-order valence-corrected chi connectivity index (χ4v) is 4.27. The molecule has 22 heavy (non-hydrogen) atoms. The van der Waals surface area contributed by atoms with Gasteiger partial charge in [0, 0.05) is 27.6 Å². The monoisotopic (exact) mass is 329 g/mol. The molecular formula is C17H15NO2S2. The van der Waals surface area contributed by atoms with Gasteiger partial charge in [-0.3, -0.25) is 4.98 Å². The fraction of sp³-hybridized carbons (Fsp3) is 0.176. The minimum Gasteiger partial charge on any atom is -0.465 e. The van der Waals surface area contributed by atoms with Crippen LogP contribution in [0.3, 0.4) is 0 Å². The highest BCUT2D eigenvalue weighted by molar-refractivity contribution is 7.99. The SMILES string of the molecule is COC(=O)c1cc2c(Sc3ccc(C)cc3C)cncc2s1. The fourth-order valence-electron chi connectivity index (χ4n) is 2.25. The van der Waals surface area contributed by atoms with Gasteiger partial charge in [-0.25, -0.2) is 4.79 Å². The molecule has 3 nitrogen and oxygen atoms in total. The number of hydrogen-bond donors (Lipinski definition) is 0. The van der Waals surface area contributed by atoms with Gasteiger partial charge in [0.25, 0.3) is 0 Å². The number of pyridine rings is 1. The molecule has 2 heterocycles. The van der Waals surface area contributed by atoms with Gasteiger partial charge in [0.05, 0.1) is 11.8 Å². The first-order chi connectivity index (χ1) is 10.6. The van der Waals surface area contributed by atoms with Crippen LogP contribution in [0.15, 0.2) is 46.5 Å². The van der Waals surface area contributed by atoms with E-state index in [0.29, 0.717) is 4.88 Å². The summed E-state index contributed by atoms with van der Waals surface area (Å²) < 4.78 is 5.80. The molecule has 0 spiro atoms. The van der Waals surface area contributed by atoms with E-state index in [0.717, 1.165) is 15.0 Å². The van der Waals surface area contributed by atoms with E-state index in [1.807, 2.05) is 12.3 Å². The Balaban J connectivity index is 2.03. The Bertz CT molecular complexity index is 855. The Morgan fingerprint density at radius 3 is 2.73 bits per heavy atom. The van der Waals surface area contributed by atoms with Crippen molar-refractivity contribution in [3.8, 4) is 0 Å². The predicted octanol–water partition coefficient (Wildman–Crippen LogP) is 4.85. The molecule has 0 fully saturated rings. The van der Waals surface area contributed by atoms with Gasteiger partial charge in [0.2, 0.25) is 0 Å². The summed E-state index contributed by atoms with van der Waals surface area (Å²) >= 11 is 3.09. The third kappa shape index (κ3) is 2.87. The zero-order chi connectivity index (χ0) is 15.7. The lowest BCUT2D eigenvalue weighted by Crippen LogP contribution is -1.96. The normalized spacial score (nSPS) is 10.9. The van der Waals surface area contributed by atoms with Gasteiger partial charge in [0.15, 0.2) is 0 Å². The van der Waals surface area contributed by atoms with Crippen LogP contribution in [-0.2, 0) is 4.74 Å². The molecule has 0 aliphatic rings. The molecule has 2 aromatic heterocycles. The van der Waals surface area contributed by atoms with Crippen molar-refractivity contribution in [2.75, 3.05) is 7.11 Å². The second-order valence-corrected chi connectivity index (χ2v) is 7.19. The van der Waals surface area contributed by atoms with E-state index < -0.39 is 0 Å². The maximum absolute atomic E-state index is 11.7. The van der Waals surface area contributed by atoms with E-state index >= 15 is 0 Å². The molecule has 3 rings (SSSR count). The third-order valence-corrected chi connectivity index (χ3v) is 5.62. The maximum atomic E-state index is 11.7. The largest absolute Gasteiger partial charge is 0.465 e. The minimum atomic E-state index is -0.302. The summed E-state index contributed by atoms with van der Waals surface area (Å²) in [5.41, 5.74) is 2.49. The summed E-state index contributed by atoms with van der Waals surface area (Å²) in [7, 11) is 1.40. The number of ether oxygens (including phenoxy) is 1. The zero-order valence-electron chi connectivity index (χ0n) is 12.5. The number of esters is 1. The van der Waals surface area contributed by atoms with E-state index in [9.17, 15) is 4.79 Å². The number of benzene rings is 1. The van der Waals surface area contributed by atoms with E-state index in [-0.39, 0.29) is 5.97 Å². The highest BCUT2D eigenvalue weighted by Gasteiger charge is 2.14. The molecule has 0 saturated heterocycles. The van der Waals surface area contributed by atoms with Crippen molar-refractivity contribution >= 4 is 39.2 Å². The lowest BCUT2D eigenvalue weighted by atomic mass is 10.2. The number of methoxy groups -OCH3 is 1. The summed E-state index contributed by atoms with van der Waals surface area (Å²) in [5.74, 6) is -0.302. The van der Waals surface area contributed by atoms with Gasteiger partial charge >= 0.3 is 5.97 Å². The molecule has 3 aromatic rings. The van der Waals surface area contributed by atoms with Crippen LogP contribution in [0.2, 0.25) is 0 Å². The van der Waals surface area contributed by atoms with Crippen molar-refractivity contribution in [3.63, 3.8) is 0 Å². The molecule has 0 bridgehead atoms. The Morgan fingerprint density at radius 1 is 1.18 bits per heavy atom. The van der Waals surface area contributed by atoms with Gasteiger partial charge in [0.1, 0.15) is 4.88 Å². The zero-order valence-corrected chi connectivity index (χ0v) is 14.2. The summed E-state index contributed by atoms with van der Waals surface area (Å²) in [5, 5.41) is 1.05. The average Bonchev–Trinajstić information content (AvgIpc) is 2.94. The second kappa shape index (κ2) is 6.10.